The van der Waals surface area contributed by atoms with E-state index in [1.165, 1.54) is 20.4 Å². The van der Waals surface area contributed by atoms with Gasteiger partial charge in [0.05, 0.1) is 5.56 Å². The van der Waals surface area contributed by atoms with Gasteiger partial charge in [0.1, 0.15) is 5.69 Å². The van der Waals surface area contributed by atoms with E-state index in [-0.39, 0.29) is 5.69 Å². The summed E-state index contributed by atoms with van der Waals surface area (Å²) in [6.45, 7) is 0. The zero-order valence-electron chi connectivity index (χ0n) is 9.21. The first kappa shape index (κ1) is 14.4. The van der Waals surface area contributed by atoms with Crippen LogP contribution in [0.5, 0.6) is 0 Å². The molecule has 0 spiro atoms. The Balaban J connectivity index is 3.29. The standard InChI is InChI=1S/C10H11BrF3NO2/c1-16-9(17-2)8-7(10(12,13)14)3-6(4-11)5-15-8/h3,5,9H,4H2,1-2H3. The second kappa shape index (κ2) is 5.79. The van der Waals surface area contributed by atoms with Crippen LogP contribution in [0.15, 0.2) is 12.3 Å². The summed E-state index contributed by atoms with van der Waals surface area (Å²) in [7, 11) is 2.52. The first-order chi connectivity index (χ1) is 7.93. The van der Waals surface area contributed by atoms with E-state index in [2.05, 4.69) is 20.9 Å². The zero-order valence-corrected chi connectivity index (χ0v) is 10.8. The maximum Gasteiger partial charge on any atom is 0.418 e. The fraction of sp³-hybridized carbons (Fsp3) is 0.500. The fourth-order valence-electron chi connectivity index (χ4n) is 1.33. The van der Waals surface area contributed by atoms with Crippen molar-refractivity contribution in [2.24, 2.45) is 0 Å². The molecule has 0 saturated heterocycles. The van der Waals surface area contributed by atoms with Crippen molar-refractivity contribution in [3.8, 4) is 0 Å². The molecule has 0 saturated carbocycles. The van der Waals surface area contributed by atoms with Gasteiger partial charge >= 0.3 is 6.18 Å². The Morgan fingerprint density at radius 1 is 1.35 bits per heavy atom. The largest absolute Gasteiger partial charge is 0.418 e. The summed E-state index contributed by atoms with van der Waals surface area (Å²) in [6.07, 6.45) is -4.27. The second-order valence-electron chi connectivity index (χ2n) is 3.21. The van der Waals surface area contributed by atoms with E-state index < -0.39 is 18.0 Å². The van der Waals surface area contributed by atoms with Gasteiger partial charge in [-0.2, -0.15) is 13.2 Å². The lowest BCUT2D eigenvalue weighted by Crippen LogP contribution is -2.16. The molecule has 0 bridgehead atoms. The average Bonchev–Trinajstić information content (AvgIpc) is 2.29. The summed E-state index contributed by atoms with van der Waals surface area (Å²) in [4.78, 5) is 3.76. The minimum Gasteiger partial charge on any atom is -0.350 e. The van der Waals surface area contributed by atoms with E-state index in [0.29, 0.717) is 10.9 Å². The van der Waals surface area contributed by atoms with Crippen LogP contribution in [0.4, 0.5) is 13.2 Å². The number of pyridine rings is 1. The highest BCUT2D eigenvalue weighted by Gasteiger charge is 2.36. The SMILES string of the molecule is COC(OC)c1ncc(CBr)cc1C(F)(F)F. The van der Waals surface area contributed by atoms with Gasteiger partial charge in [-0.05, 0) is 11.6 Å². The number of hydrogen-bond acceptors (Lipinski definition) is 3. The minimum absolute atomic E-state index is 0.271. The van der Waals surface area contributed by atoms with Crippen molar-refractivity contribution < 1.29 is 22.6 Å². The molecule has 0 N–H and O–H groups in total. The van der Waals surface area contributed by atoms with Crippen molar-refractivity contribution in [3.05, 3.63) is 29.1 Å². The van der Waals surface area contributed by atoms with Gasteiger partial charge in [0.25, 0.3) is 0 Å². The van der Waals surface area contributed by atoms with Crippen molar-refractivity contribution in [3.63, 3.8) is 0 Å². The van der Waals surface area contributed by atoms with E-state index in [1.54, 1.807) is 0 Å². The van der Waals surface area contributed by atoms with E-state index >= 15 is 0 Å². The number of alkyl halides is 4. The number of nitrogens with zero attached hydrogens (tertiary/aromatic N) is 1. The Morgan fingerprint density at radius 3 is 2.35 bits per heavy atom. The summed E-state index contributed by atoms with van der Waals surface area (Å²) >= 11 is 3.08. The van der Waals surface area contributed by atoms with Gasteiger partial charge in [-0.15, -0.1) is 0 Å². The Kier molecular flexibility index (Phi) is 4.91. The molecule has 96 valence electrons. The van der Waals surface area contributed by atoms with Gasteiger partial charge in [0, 0.05) is 25.7 Å². The number of halogens is 4. The molecule has 0 radical (unpaired) electrons. The predicted octanol–water partition coefficient (Wildman–Crippen LogP) is 3.29. The molecular formula is C10H11BrF3NO2. The molecular weight excluding hydrogens is 303 g/mol. The third kappa shape index (κ3) is 3.40. The normalized spacial score (nSPS) is 12.2. The molecule has 0 aliphatic carbocycles. The molecule has 1 rings (SSSR count). The van der Waals surface area contributed by atoms with Gasteiger partial charge in [-0.25, -0.2) is 0 Å². The molecule has 0 aliphatic rings. The van der Waals surface area contributed by atoms with Crippen molar-refractivity contribution in [2.45, 2.75) is 17.8 Å². The minimum atomic E-state index is -4.49. The molecule has 0 unspecified atom stereocenters. The predicted molar refractivity (Wildman–Crippen MR) is 58.6 cm³/mol. The van der Waals surface area contributed by atoms with Crippen molar-refractivity contribution in [1.29, 1.82) is 0 Å². The molecule has 1 aromatic heterocycles. The lowest BCUT2D eigenvalue weighted by Gasteiger charge is -2.18. The third-order valence-corrected chi connectivity index (χ3v) is 2.73. The van der Waals surface area contributed by atoms with Crippen LogP contribution >= 0.6 is 15.9 Å². The van der Waals surface area contributed by atoms with E-state index in [0.717, 1.165) is 6.07 Å². The average molecular weight is 314 g/mol. The highest BCUT2D eigenvalue weighted by atomic mass is 79.9. The third-order valence-electron chi connectivity index (χ3n) is 2.09. The molecule has 1 aromatic rings. The highest BCUT2D eigenvalue weighted by molar-refractivity contribution is 9.08. The van der Waals surface area contributed by atoms with Gasteiger partial charge in [0.15, 0.2) is 0 Å². The quantitative estimate of drug-likeness (QED) is 0.631. The van der Waals surface area contributed by atoms with Gasteiger partial charge < -0.3 is 9.47 Å². The smallest absolute Gasteiger partial charge is 0.350 e. The summed E-state index contributed by atoms with van der Waals surface area (Å²) in [5.74, 6) is 0. The van der Waals surface area contributed by atoms with Crippen LogP contribution in [-0.4, -0.2) is 19.2 Å². The van der Waals surface area contributed by atoms with Crippen molar-refractivity contribution >= 4 is 15.9 Å². The summed E-state index contributed by atoms with van der Waals surface area (Å²) < 4.78 is 48.1. The fourth-order valence-corrected chi connectivity index (χ4v) is 1.63. The molecule has 1 heterocycles. The topological polar surface area (TPSA) is 31.4 Å². The van der Waals surface area contributed by atoms with E-state index in [9.17, 15) is 13.2 Å². The van der Waals surface area contributed by atoms with Crippen LogP contribution in [0.2, 0.25) is 0 Å². The lowest BCUT2D eigenvalue weighted by atomic mass is 10.1. The maximum atomic E-state index is 12.8. The van der Waals surface area contributed by atoms with Gasteiger partial charge in [-0.3, -0.25) is 4.98 Å². The molecule has 0 aliphatic heterocycles. The van der Waals surface area contributed by atoms with Crippen LogP contribution < -0.4 is 0 Å². The zero-order chi connectivity index (χ0) is 13.1. The number of aromatic nitrogens is 1. The molecule has 3 nitrogen and oxygen atoms in total. The second-order valence-corrected chi connectivity index (χ2v) is 3.77. The number of hydrogen-bond donors (Lipinski definition) is 0. The molecule has 7 heteroatoms. The maximum absolute atomic E-state index is 12.8. The van der Waals surface area contributed by atoms with Crippen LogP contribution in [0.3, 0.4) is 0 Å². The van der Waals surface area contributed by atoms with E-state index in [4.69, 9.17) is 9.47 Å². The Morgan fingerprint density at radius 2 is 1.94 bits per heavy atom. The molecule has 0 aromatic carbocycles. The molecule has 0 amide bonds. The van der Waals surface area contributed by atoms with Crippen LogP contribution in [0, 0.1) is 0 Å². The lowest BCUT2D eigenvalue weighted by molar-refractivity contribution is -0.149. The first-order valence-electron chi connectivity index (χ1n) is 4.61. The number of ether oxygens (including phenoxy) is 2. The van der Waals surface area contributed by atoms with Crippen LogP contribution in [0.25, 0.3) is 0 Å². The van der Waals surface area contributed by atoms with Crippen molar-refractivity contribution in [2.75, 3.05) is 14.2 Å². The molecule has 17 heavy (non-hydrogen) atoms. The number of rotatable bonds is 4. The van der Waals surface area contributed by atoms with Crippen molar-refractivity contribution in [1.82, 2.24) is 4.98 Å². The first-order valence-corrected chi connectivity index (χ1v) is 5.73. The summed E-state index contributed by atoms with van der Waals surface area (Å²) in [6, 6.07) is 1.03. The van der Waals surface area contributed by atoms with Gasteiger partial charge in [0.2, 0.25) is 6.29 Å². The molecule has 0 fully saturated rings. The highest BCUT2D eigenvalue weighted by Crippen LogP contribution is 2.35. The van der Waals surface area contributed by atoms with Gasteiger partial charge in [-0.1, -0.05) is 15.9 Å². The summed E-state index contributed by atoms with van der Waals surface area (Å²) in [5.41, 5.74) is -0.678. The van der Waals surface area contributed by atoms with Crippen LogP contribution in [-0.2, 0) is 21.0 Å². The monoisotopic (exact) mass is 313 g/mol. The van der Waals surface area contributed by atoms with Crippen LogP contribution in [0.1, 0.15) is 23.1 Å². The number of methoxy groups -OCH3 is 2. The van der Waals surface area contributed by atoms with E-state index in [1.807, 2.05) is 0 Å². The summed E-state index contributed by atoms with van der Waals surface area (Å²) in [5, 5.41) is 0.300. The Labute approximate surface area is 105 Å². The Hall–Kier alpha value is -0.660. The molecule has 0 atom stereocenters. The Bertz CT molecular complexity index is 380.